The maximum absolute atomic E-state index is 13.5. The Balaban J connectivity index is 1.28. The van der Waals surface area contributed by atoms with Gasteiger partial charge in [-0.3, -0.25) is 4.79 Å². The molecule has 0 radical (unpaired) electrons. The average Bonchev–Trinajstić information content (AvgIpc) is 3.48. The third-order valence-electron chi connectivity index (χ3n) is 7.50. The first-order valence-corrected chi connectivity index (χ1v) is 16.2. The lowest BCUT2D eigenvalue weighted by atomic mass is 10.1. The Labute approximate surface area is 287 Å². The summed E-state index contributed by atoms with van der Waals surface area (Å²) >= 11 is 1.55. The summed E-state index contributed by atoms with van der Waals surface area (Å²) in [4.78, 5) is 13.5. The van der Waals surface area contributed by atoms with E-state index >= 15 is 0 Å². The van der Waals surface area contributed by atoms with Crippen LogP contribution in [0.4, 0.5) is 0 Å². The second-order valence-corrected chi connectivity index (χ2v) is 11.5. The van der Waals surface area contributed by atoms with Crippen LogP contribution in [-0.4, -0.2) is 76.1 Å². The van der Waals surface area contributed by atoms with Crippen molar-refractivity contribution in [1.29, 1.82) is 0 Å². The van der Waals surface area contributed by atoms with E-state index in [4.69, 9.17) is 37.6 Å². The number of para-hydroxylation sites is 1. The Bertz CT molecular complexity index is 1980. The zero-order valence-electron chi connectivity index (χ0n) is 28.4. The molecule has 0 aliphatic heterocycles. The molecule has 0 spiro atoms. The van der Waals surface area contributed by atoms with E-state index in [1.165, 1.54) is 41.6 Å². The molecule has 2 heterocycles. The van der Waals surface area contributed by atoms with Crippen molar-refractivity contribution < 1.29 is 37.6 Å². The maximum Gasteiger partial charge on any atom is 0.212 e. The van der Waals surface area contributed by atoms with Crippen LogP contribution < -0.4 is 38.6 Å². The van der Waals surface area contributed by atoms with Crippen LogP contribution in [0, 0.1) is 6.92 Å². The molecule has 14 heteroatoms. The van der Waals surface area contributed by atoms with Gasteiger partial charge in [0, 0.05) is 29.0 Å². The van der Waals surface area contributed by atoms with Gasteiger partial charge < -0.3 is 37.6 Å². The number of hydrogen-bond donors (Lipinski definition) is 0. The molecule has 0 fully saturated rings. The second kappa shape index (κ2) is 16.2. The van der Waals surface area contributed by atoms with Gasteiger partial charge in [0.1, 0.15) is 22.5 Å². The number of nitrogens with zero attached hydrogens (tertiary/aromatic N) is 4. The van der Waals surface area contributed by atoms with Crippen molar-refractivity contribution >= 4 is 28.9 Å². The maximum atomic E-state index is 13.5. The zero-order valence-corrected chi connectivity index (χ0v) is 29.2. The fourth-order valence-corrected chi connectivity index (χ4v) is 6.02. The molecule has 0 saturated carbocycles. The number of methoxy groups -OCH3 is 6. The average molecular weight is 691 g/mol. The van der Waals surface area contributed by atoms with Gasteiger partial charge in [0.2, 0.25) is 16.7 Å². The van der Waals surface area contributed by atoms with Crippen LogP contribution in [-0.2, 0) is 0 Å². The summed E-state index contributed by atoms with van der Waals surface area (Å²) in [6.07, 6.45) is 3.25. The number of benzene rings is 3. The van der Waals surface area contributed by atoms with Gasteiger partial charge in [-0.1, -0.05) is 23.9 Å². The molecule has 3 aromatic carbocycles. The second-order valence-electron chi connectivity index (χ2n) is 10.4. The Morgan fingerprint density at radius 2 is 1.47 bits per heavy atom. The smallest absolute Gasteiger partial charge is 0.212 e. The molecule has 2 aromatic heterocycles. The third-order valence-corrected chi connectivity index (χ3v) is 8.51. The van der Waals surface area contributed by atoms with E-state index in [2.05, 4.69) is 15.3 Å². The highest BCUT2D eigenvalue weighted by molar-refractivity contribution is 7.99. The lowest BCUT2D eigenvalue weighted by molar-refractivity contribution is 0.271. The molecule has 0 unspecified atom stereocenters. The van der Waals surface area contributed by atoms with Gasteiger partial charge >= 0.3 is 0 Å². The van der Waals surface area contributed by atoms with E-state index in [9.17, 15) is 4.79 Å². The topological polar surface area (TPSA) is 138 Å². The van der Waals surface area contributed by atoms with E-state index in [-0.39, 0.29) is 22.1 Å². The Kier molecular flexibility index (Phi) is 11.5. The minimum absolute atomic E-state index is 0.227. The van der Waals surface area contributed by atoms with Gasteiger partial charge in [0.05, 0.1) is 55.5 Å². The van der Waals surface area contributed by atoms with Crippen LogP contribution in [0.3, 0.4) is 0 Å². The van der Waals surface area contributed by atoms with Crippen molar-refractivity contribution in [3.8, 4) is 51.6 Å². The van der Waals surface area contributed by atoms with Gasteiger partial charge in [-0.25, -0.2) is 0 Å². The molecule has 0 bridgehead atoms. The van der Waals surface area contributed by atoms with Crippen molar-refractivity contribution in [2.75, 3.05) is 55.0 Å². The highest BCUT2D eigenvalue weighted by Gasteiger charge is 2.23. The molecular formula is C35H38N4O9S. The first kappa shape index (κ1) is 35.0. The van der Waals surface area contributed by atoms with Crippen LogP contribution in [0.5, 0.6) is 40.2 Å². The van der Waals surface area contributed by atoms with Gasteiger partial charge in [0.25, 0.3) is 0 Å². The first-order valence-electron chi connectivity index (χ1n) is 15.3. The van der Waals surface area contributed by atoms with Crippen molar-refractivity contribution in [2.24, 2.45) is 5.10 Å². The van der Waals surface area contributed by atoms with Crippen molar-refractivity contribution in [2.45, 2.75) is 24.9 Å². The van der Waals surface area contributed by atoms with Crippen LogP contribution >= 0.6 is 11.8 Å². The van der Waals surface area contributed by atoms with Crippen LogP contribution in [0.25, 0.3) is 22.3 Å². The summed E-state index contributed by atoms with van der Waals surface area (Å²) in [5, 5.41) is 14.0. The fourth-order valence-electron chi connectivity index (χ4n) is 5.09. The van der Waals surface area contributed by atoms with Crippen molar-refractivity contribution in [3.05, 3.63) is 70.1 Å². The highest BCUT2D eigenvalue weighted by Crippen LogP contribution is 2.45. The Morgan fingerprint density at radius 3 is 2.14 bits per heavy atom. The molecule has 0 aliphatic rings. The largest absolute Gasteiger partial charge is 0.496 e. The molecule has 0 atom stereocenters. The summed E-state index contributed by atoms with van der Waals surface area (Å²) in [5.74, 6) is 4.63. The minimum atomic E-state index is -0.321. The number of fused-ring (bicyclic) bond motifs is 1. The number of rotatable bonds is 16. The van der Waals surface area contributed by atoms with Gasteiger partial charge in [-0.2, -0.15) is 9.78 Å². The van der Waals surface area contributed by atoms with Gasteiger partial charge in [-0.15, -0.1) is 10.2 Å². The van der Waals surface area contributed by atoms with Gasteiger partial charge in [-0.05, 0) is 44.0 Å². The molecule has 49 heavy (non-hydrogen) atoms. The molecule has 258 valence electrons. The van der Waals surface area contributed by atoms with Crippen LogP contribution in [0.2, 0.25) is 0 Å². The van der Waals surface area contributed by atoms with E-state index in [0.29, 0.717) is 64.1 Å². The Morgan fingerprint density at radius 1 is 0.796 bits per heavy atom. The summed E-state index contributed by atoms with van der Waals surface area (Å²) < 4.78 is 47.2. The zero-order chi connectivity index (χ0) is 34.9. The molecule has 13 nitrogen and oxygen atoms in total. The lowest BCUT2D eigenvalue weighted by Crippen LogP contribution is -2.07. The molecule has 0 N–H and O–H groups in total. The predicted octanol–water partition coefficient (Wildman–Crippen LogP) is 6.25. The monoisotopic (exact) mass is 690 g/mol. The predicted molar refractivity (Wildman–Crippen MR) is 187 cm³/mol. The number of aryl methyl sites for hydroxylation is 1. The van der Waals surface area contributed by atoms with Crippen LogP contribution in [0.15, 0.2) is 68.0 Å². The lowest BCUT2D eigenvalue weighted by Gasteiger charge is -2.17. The highest BCUT2D eigenvalue weighted by atomic mass is 32.2. The van der Waals surface area contributed by atoms with E-state index in [1.54, 1.807) is 48.0 Å². The molecule has 0 aliphatic carbocycles. The molecule has 0 amide bonds. The van der Waals surface area contributed by atoms with Gasteiger partial charge in [0.15, 0.2) is 34.3 Å². The number of hydrogen-bond acceptors (Lipinski definition) is 13. The summed E-state index contributed by atoms with van der Waals surface area (Å²) in [6, 6.07) is 14.1. The molecular weight excluding hydrogens is 652 g/mol. The van der Waals surface area contributed by atoms with E-state index in [1.807, 2.05) is 31.2 Å². The summed E-state index contributed by atoms with van der Waals surface area (Å²) in [7, 11) is 9.16. The molecule has 5 rings (SSSR count). The van der Waals surface area contributed by atoms with Crippen LogP contribution in [0.1, 0.15) is 24.2 Å². The SMILES string of the molecule is COc1ccccc1C=Nn1c(C)nnc1SCCCCOc1c(OC)cc2oc(-c3cc(OC)c(OC)c(OC)c3)cc(=O)c2c1OC. The quantitative estimate of drug-likeness (QED) is 0.0658. The normalized spacial score (nSPS) is 11.2. The Hall–Kier alpha value is -5.37. The minimum Gasteiger partial charge on any atom is -0.496 e. The number of aromatic nitrogens is 3. The third kappa shape index (κ3) is 7.54. The molecule has 0 saturated heterocycles. The van der Waals surface area contributed by atoms with Crippen molar-refractivity contribution in [1.82, 2.24) is 14.9 Å². The number of unbranched alkanes of at least 4 members (excludes halogenated alkanes) is 1. The molecule has 5 aromatic rings. The fraction of sp³-hybridized carbons (Fsp3) is 0.314. The first-order chi connectivity index (χ1) is 23.9. The van der Waals surface area contributed by atoms with E-state index < -0.39 is 0 Å². The van der Waals surface area contributed by atoms with E-state index in [0.717, 1.165) is 23.5 Å². The number of thioether (sulfide) groups is 1. The standard InChI is InChI=1S/C35H38N4O9S/c1-21-37-38-35(39(21)36-20-22-12-8-9-13-25(22)41-2)49-15-11-10-14-47-33-30(44-5)19-27-31(34(33)46-7)24(40)18-26(48-27)23-16-28(42-3)32(45-6)29(17-23)43-4/h8-9,12-13,16-20H,10-11,14-15H2,1-7H3. The summed E-state index contributed by atoms with van der Waals surface area (Å²) in [5.41, 5.74) is 1.35. The summed E-state index contributed by atoms with van der Waals surface area (Å²) in [6.45, 7) is 2.20. The van der Waals surface area contributed by atoms with Crippen molar-refractivity contribution in [3.63, 3.8) is 0 Å². The number of ether oxygens (including phenoxy) is 7.